The summed E-state index contributed by atoms with van der Waals surface area (Å²) in [6.07, 6.45) is 4.47. The molecule has 0 radical (unpaired) electrons. The fourth-order valence-corrected chi connectivity index (χ4v) is 1.50. The second kappa shape index (κ2) is 5.05. The molecular weight excluding hydrogens is 212 g/mol. The van der Waals surface area contributed by atoms with Gasteiger partial charge in [-0.15, -0.1) is 0 Å². The van der Waals surface area contributed by atoms with E-state index in [1.807, 2.05) is 18.3 Å². The maximum atomic E-state index is 5.73. The summed E-state index contributed by atoms with van der Waals surface area (Å²) in [4.78, 5) is 4.34. The number of rotatable bonds is 5. The van der Waals surface area contributed by atoms with Crippen molar-refractivity contribution in [3.8, 4) is 5.75 Å². The number of aromatic nitrogens is 1. The number of hydrogen-bond acceptors (Lipinski definition) is 3. The average Bonchev–Trinajstić information content (AvgIpc) is 3.07. The van der Waals surface area contributed by atoms with Crippen molar-refractivity contribution >= 4 is 0 Å². The molecule has 3 nitrogen and oxygen atoms in total. The number of hydrogen-bond donors (Lipinski definition) is 1. The Labute approximate surface area is 104 Å². The number of nitrogens with zero attached hydrogens (tertiary/aromatic N) is 1. The third-order valence-corrected chi connectivity index (χ3v) is 2.77. The first-order valence-corrected chi connectivity index (χ1v) is 6.36. The van der Waals surface area contributed by atoms with Crippen LogP contribution < -0.4 is 10.1 Å². The molecule has 1 N–H and O–H groups in total. The van der Waals surface area contributed by atoms with Crippen LogP contribution in [0.4, 0.5) is 0 Å². The zero-order valence-electron chi connectivity index (χ0n) is 11.0. The SMILES string of the molecule is CC(C)(C)NCc1cc(OCC2CC2)ccn1. The zero-order valence-corrected chi connectivity index (χ0v) is 11.0. The molecule has 0 amide bonds. The van der Waals surface area contributed by atoms with Gasteiger partial charge in [-0.05, 0) is 45.6 Å². The highest BCUT2D eigenvalue weighted by molar-refractivity contribution is 5.22. The third-order valence-electron chi connectivity index (χ3n) is 2.77. The van der Waals surface area contributed by atoms with Crippen LogP contribution >= 0.6 is 0 Å². The summed E-state index contributed by atoms with van der Waals surface area (Å²) in [5.74, 6) is 1.73. The van der Waals surface area contributed by atoms with Crippen molar-refractivity contribution < 1.29 is 4.74 Å². The molecule has 1 aromatic heterocycles. The molecule has 1 saturated carbocycles. The summed E-state index contributed by atoms with van der Waals surface area (Å²) in [7, 11) is 0. The van der Waals surface area contributed by atoms with Crippen molar-refractivity contribution in [2.45, 2.75) is 45.7 Å². The van der Waals surface area contributed by atoms with Crippen molar-refractivity contribution in [2.75, 3.05) is 6.61 Å². The first kappa shape index (κ1) is 12.4. The average molecular weight is 234 g/mol. The lowest BCUT2D eigenvalue weighted by atomic mass is 10.1. The van der Waals surface area contributed by atoms with Crippen LogP contribution in [0, 0.1) is 5.92 Å². The van der Waals surface area contributed by atoms with Crippen LogP contribution in [0.2, 0.25) is 0 Å². The molecule has 3 heteroatoms. The lowest BCUT2D eigenvalue weighted by molar-refractivity contribution is 0.299. The maximum Gasteiger partial charge on any atom is 0.122 e. The van der Waals surface area contributed by atoms with Crippen LogP contribution in [-0.4, -0.2) is 17.1 Å². The highest BCUT2D eigenvalue weighted by Crippen LogP contribution is 2.29. The number of pyridine rings is 1. The summed E-state index contributed by atoms with van der Waals surface area (Å²) in [6.45, 7) is 8.10. The molecule has 0 saturated heterocycles. The molecule has 1 aliphatic rings. The molecule has 0 spiro atoms. The summed E-state index contributed by atoms with van der Waals surface area (Å²) in [5, 5.41) is 3.42. The highest BCUT2D eigenvalue weighted by atomic mass is 16.5. The van der Waals surface area contributed by atoms with Gasteiger partial charge in [-0.25, -0.2) is 0 Å². The first-order valence-electron chi connectivity index (χ1n) is 6.36. The predicted molar refractivity (Wildman–Crippen MR) is 69.0 cm³/mol. The summed E-state index contributed by atoms with van der Waals surface area (Å²) in [5.41, 5.74) is 1.15. The number of ether oxygens (including phenoxy) is 1. The largest absolute Gasteiger partial charge is 0.493 e. The molecule has 0 atom stereocenters. The van der Waals surface area contributed by atoms with Gasteiger partial charge in [0.2, 0.25) is 0 Å². The van der Waals surface area contributed by atoms with Crippen molar-refractivity contribution in [1.29, 1.82) is 0 Å². The fraction of sp³-hybridized carbons (Fsp3) is 0.643. The molecule has 0 unspecified atom stereocenters. The lowest BCUT2D eigenvalue weighted by Crippen LogP contribution is -2.35. The molecule has 0 aliphatic heterocycles. The van der Waals surface area contributed by atoms with Gasteiger partial charge >= 0.3 is 0 Å². The van der Waals surface area contributed by atoms with E-state index in [-0.39, 0.29) is 5.54 Å². The van der Waals surface area contributed by atoms with Crippen LogP contribution in [0.5, 0.6) is 5.75 Å². The van der Waals surface area contributed by atoms with E-state index in [1.165, 1.54) is 12.8 Å². The first-order chi connectivity index (χ1) is 8.03. The normalized spacial score (nSPS) is 15.9. The molecule has 1 fully saturated rings. The van der Waals surface area contributed by atoms with E-state index in [0.29, 0.717) is 0 Å². The van der Waals surface area contributed by atoms with Crippen LogP contribution in [0.1, 0.15) is 39.3 Å². The molecule has 1 aromatic rings. The summed E-state index contributed by atoms with van der Waals surface area (Å²) >= 11 is 0. The molecule has 94 valence electrons. The van der Waals surface area contributed by atoms with Crippen molar-refractivity contribution in [3.05, 3.63) is 24.0 Å². The van der Waals surface area contributed by atoms with Gasteiger partial charge in [-0.3, -0.25) is 4.98 Å². The smallest absolute Gasteiger partial charge is 0.122 e. The van der Waals surface area contributed by atoms with Crippen LogP contribution in [0.15, 0.2) is 18.3 Å². The van der Waals surface area contributed by atoms with Crippen molar-refractivity contribution in [1.82, 2.24) is 10.3 Å². The lowest BCUT2D eigenvalue weighted by Gasteiger charge is -2.20. The van der Waals surface area contributed by atoms with E-state index in [1.54, 1.807) is 0 Å². The minimum absolute atomic E-state index is 0.118. The van der Waals surface area contributed by atoms with Gasteiger partial charge in [0.05, 0.1) is 12.3 Å². The Morgan fingerprint density at radius 1 is 1.41 bits per heavy atom. The quantitative estimate of drug-likeness (QED) is 0.850. The molecule has 2 rings (SSSR count). The monoisotopic (exact) mass is 234 g/mol. The minimum Gasteiger partial charge on any atom is -0.493 e. The summed E-state index contributed by atoms with van der Waals surface area (Å²) < 4.78 is 5.73. The third kappa shape index (κ3) is 4.73. The van der Waals surface area contributed by atoms with Crippen LogP contribution in [0.3, 0.4) is 0 Å². The van der Waals surface area contributed by atoms with E-state index in [2.05, 4.69) is 31.1 Å². The highest BCUT2D eigenvalue weighted by Gasteiger charge is 2.21. The molecule has 17 heavy (non-hydrogen) atoms. The fourth-order valence-electron chi connectivity index (χ4n) is 1.50. The van der Waals surface area contributed by atoms with E-state index in [0.717, 1.165) is 30.5 Å². The predicted octanol–water partition coefficient (Wildman–Crippen LogP) is 2.76. The van der Waals surface area contributed by atoms with Crippen LogP contribution in [0.25, 0.3) is 0 Å². The summed E-state index contributed by atoms with van der Waals surface area (Å²) in [6, 6.07) is 3.96. The zero-order chi connectivity index (χ0) is 12.3. The Balaban J connectivity index is 1.86. The van der Waals surface area contributed by atoms with Crippen molar-refractivity contribution in [3.63, 3.8) is 0 Å². The maximum absolute atomic E-state index is 5.73. The topological polar surface area (TPSA) is 34.1 Å². The van der Waals surface area contributed by atoms with Crippen molar-refractivity contribution in [2.24, 2.45) is 5.92 Å². The molecular formula is C14H22N2O. The van der Waals surface area contributed by atoms with Gasteiger partial charge in [0.25, 0.3) is 0 Å². The van der Waals surface area contributed by atoms with E-state index in [4.69, 9.17) is 4.74 Å². The van der Waals surface area contributed by atoms with Gasteiger partial charge in [-0.1, -0.05) is 0 Å². The van der Waals surface area contributed by atoms with E-state index in [9.17, 15) is 0 Å². The second-order valence-electron chi connectivity index (χ2n) is 5.84. The Hall–Kier alpha value is -1.09. The van der Waals surface area contributed by atoms with Gasteiger partial charge < -0.3 is 10.1 Å². The van der Waals surface area contributed by atoms with E-state index < -0.39 is 0 Å². The Bertz CT molecular complexity index is 367. The number of nitrogens with one attached hydrogen (secondary N) is 1. The minimum atomic E-state index is 0.118. The van der Waals surface area contributed by atoms with Gasteiger partial charge in [0, 0.05) is 24.3 Å². The van der Waals surface area contributed by atoms with Crippen LogP contribution in [-0.2, 0) is 6.54 Å². The Morgan fingerprint density at radius 2 is 2.18 bits per heavy atom. The van der Waals surface area contributed by atoms with Gasteiger partial charge in [-0.2, -0.15) is 0 Å². The van der Waals surface area contributed by atoms with E-state index >= 15 is 0 Å². The Morgan fingerprint density at radius 3 is 2.82 bits per heavy atom. The molecule has 1 aliphatic carbocycles. The molecule has 0 aromatic carbocycles. The van der Waals surface area contributed by atoms with Gasteiger partial charge in [0.1, 0.15) is 5.75 Å². The van der Waals surface area contributed by atoms with Gasteiger partial charge in [0.15, 0.2) is 0 Å². The molecule has 0 bridgehead atoms. The molecule has 1 heterocycles. The Kier molecular flexibility index (Phi) is 3.67. The standard InChI is InChI=1S/C14H22N2O/c1-14(2,3)16-9-12-8-13(6-7-15-12)17-10-11-4-5-11/h6-8,11,16H,4-5,9-10H2,1-3H3. The second-order valence-corrected chi connectivity index (χ2v) is 5.84.